The molecule has 0 aliphatic carbocycles. The van der Waals surface area contributed by atoms with Gasteiger partial charge in [0.2, 0.25) is 12.4 Å². The normalized spacial score (nSPS) is 16.5. The second-order valence-electron chi connectivity index (χ2n) is 4.54. The molecule has 1 aliphatic rings. The summed E-state index contributed by atoms with van der Waals surface area (Å²) in [5, 5.41) is 11.0. The van der Waals surface area contributed by atoms with Gasteiger partial charge in [0, 0.05) is 4.92 Å². The van der Waals surface area contributed by atoms with E-state index in [-0.39, 0.29) is 18.1 Å². The lowest BCUT2D eigenvalue weighted by Crippen LogP contribution is -2.30. The lowest BCUT2D eigenvalue weighted by Gasteiger charge is -2.27. The van der Waals surface area contributed by atoms with Crippen LogP contribution in [0.4, 0.5) is 0 Å². The highest BCUT2D eigenvalue weighted by atomic mass is 16.6. The summed E-state index contributed by atoms with van der Waals surface area (Å²) in [6, 6.07) is 4.92. The van der Waals surface area contributed by atoms with Crippen molar-refractivity contribution in [3.8, 4) is 11.5 Å². The topological polar surface area (TPSA) is 114 Å². The smallest absolute Gasteiger partial charge is 0.340 e. The second kappa shape index (κ2) is 6.33. The molecule has 0 radical (unpaired) electrons. The number of benzene rings is 1. The Labute approximate surface area is 126 Å². The van der Waals surface area contributed by atoms with Gasteiger partial charge >= 0.3 is 5.97 Å². The Morgan fingerprint density at radius 2 is 2.23 bits per heavy atom. The van der Waals surface area contributed by atoms with Gasteiger partial charge in [-0.2, -0.15) is 0 Å². The minimum atomic E-state index is -0.894. The van der Waals surface area contributed by atoms with E-state index in [1.54, 1.807) is 25.1 Å². The Balaban J connectivity index is 2.58. The molecule has 0 spiro atoms. The monoisotopic (exact) mass is 308 g/mol. The summed E-state index contributed by atoms with van der Waals surface area (Å²) in [4.78, 5) is 22.6. The third-order valence-electron chi connectivity index (χ3n) is 3.26. The number of carbonyl (C=O) groups excluding carboxylic acids is 1. The van der Waals surface area contributed by atoms with Crippen LogP contribution in [0.15, 0.2) is 29.7 Å². The van der Waals surface area contributed by atoms with Gasteiger partial charge < -0.3 is 19.9 Å². The van der Waals surface area contributed by atoms with Crippen molar-refractivity contribution in [2.75, 3.05) is 20.3 Å². The van der Waals surface area contributed by atoms with Gasteiger partial charge in [0.25, 0.3) is 0 Å². The van der Waals surface area contributed by atoms with E-state index < -0.39 is 23.4 Å². The summed E-state index contributed by atoms with van der Waals surface area (Å²) >= 11 is 0. The number of methoxy groups -OCH3 is 1. The number of carbonyl (C=O) groups is 1. The van der Waals surface area contributed by atoms with E-state index in [2.05, 4.69) is 0 Å². The standard InChI is InChI=1S/C14H16N2O6/c1-3-21-14(17)12-8(7-16(18)19)11-9(20-2)5-4-6-10(11)22-13(12)15/h4-6,8H,3,7,15H2,1-2H3. The molecule has 2 rings (SSSR count). The van der Waals surface area contributed by atoms with Crippen molar-refractivity contribution in [1.29, 1.82) is 0 Å². The van der Waals surface area contributed by atoms with Crippen LogP contribution < -0.4 is 15.2 Å². The van der Waals surface area contributed by atoms with Gasteiger partial charge in [-0.15, -0.1) is 0 Å². The zero-order valence-corrected chi connectivity index (χ0v) is 12.2. The fourth-order valence-electron chi connectivity index (χ4n) is 2.41. The average Bonchev–Trinajstić information content (AvgIpc) is 2.45. The molecule has 1 unspecified atom stereocenters. The lowest BCUT2D eigenvalue weighted by molar-refractivity contribution is -0.482. The first-order chi connectivity index (χ1) is 10.5. The van der Waals surface area contributed by atoms with Gasteiger partial charge in [-0.25, -0.2) is 4.79 Å². The summed E-state index contributed by atoms with van der Waals surface area (Å²) in [6.45, 7) is 1.24. The van der Waals surface area contributed by atoms with Gasteiger partial charge in [-0.3, -0.25) is 10.1 Å². The van der Waals surface area contributed by atoms with Crippen molar-refractivity contribution in [3.05, 3.63) is 45.3 Å². The molecule has 1 aromatic carbocycles. The zero-order chi connectivity index (χ0) is 16.3. The van der Waals surface area contributed by atoms with Gasteiger partial charge in [0.05, 0.1) is 25.2 Å². The summed E-state index contributed by atoms with van der Waals surface area (Å²) in [5.74, 6) is -1.10. The third kappa shape index (κ3) is 2.80. The highest BCUT2D eigenvalue weighted by Gasteiger charge is 2.39. The number of esters is 1. The number of ether oxygens (including phenoxy) is 3. The summed E-state index contributed by atoms with van der Waals surface area (Å²) in [6.07, 6.45) is 0. The number of nitro groups is 1. The van der Waals surface area contributed by atoms with Crippen molar-refractivity contribution in [1.82, 2.24) is 0 Å². The molecule has 0 amide bonds. The van der Waals surface area contributed by atoms with E-state index >= 15 is 0 Å². The average molecular weight is 308 g/mol. The fraction of sp³-hybridized carbons (Fsp3) is 0.357. The van der Waals surface area contributed by atoms with Crippen LogP contribution in [0.2, 0.25) is 0 Å². The molecule has 0 aromatic heterocycles. The van der Waals surface area contributed by atoms with E-state index in [0.717, 1.165) is 0 Å². The second-order valence-corrected chi connectivity index (χ2v) is 4.54. The minimum absolute atomic E-state index is 0.0597. The molecule has 1 aromatic rings. The summed E-state index contributed by atoms with van der Waals surface area (Å²) in [5.41, 5.74) is 6.13. The highest BCUT2D eigenvalue weighted by Crippen LogP contribution is 2.43. The fourth-order valence-corrected chi connectivity index (χ4v) is 2.41. The third-order valence-corrected chi connectivity index (χ3v) is 3.26. The van der Waals surface area contributed by atoms with Crippen LogP contribution in [0, 0.1) is 10.1 Å². The first-order valence-electron chi connectivity index (χ1n) is 6.62. The number of fused-ring (bicyclic) bond motifs is 1. The predicted octanol–water partition coefficient (Wildman–Crippen LogP) is 1.18. The zero-order valence-electron chi connectivity index (χ0n) is 12.2. The molecule has 1 heterocycles. The van der Waals surface area contributed by atoms with Crippen LogP contribution in [0.3, 0.4) is 0 Å². The maximum absolute atomic E-state index is 12.1. The largest absolute Gasteiger partial charge is 0.496 e. The van der Waals surface area contributed by atoms with E-state index in [4.69, 9.17) is 19.9 Å². The lowest BCUT2D eigenvalue weighted by atomic mass is 9.88. The van der Waals surface area contributed by atoms with Crippen molar-refractivity contribution in [3.63, 3.8) is 0 Å². The maximum Gasteiger partial charge on any atom is 0.340 e. The quantitative estimate of drug-likeness (QED) is 0.493. The molecular formula is C14H16N2O6. The van der Waals surface area contributed by atoms with Crippen molar-refractivity contribution >= 4 is 5.97 Å². The van der Waals surface area contributed by atoms with Crippen LogP contribution in [0.1, 0.15) is 18.4 Å². The summed E-state index contributed by atoms with van der Waals surface area (Å²) < 4.78 is 15.6. The Morgan fingerprint density at radius 1 is 1.50 bits per heavy atom. The molecule has 22 heavy (non-hydrogen) atoms. The Morgan fingerprint density at radius 3 is 2.82 bits per heavy atom. The van der Waals surface area contributed by atoms with Gasteiger partial charge in [0.15, 0.2) is 0 Å². The van der Waals surface area contributed by atoms with Crippen molar-refractivity contribution < 1.29 is 23.9 Å². The van der Waals surface area contributed by atoms with Crippen LogP contribution in [-0.2, 0) is 9.53 Å². The molecule has 0 saturated heterocycles. The number of nitrogens with two attached hydrogens (primary N) is 1. The number of hydrogen-bond donors (Lipinski definition) is 1. The van der Waals surface area contributed by atoms with Gasteiger partial charge in [0.1, 0.15) is 17.1 Å². The molecule has 0 bridgehead atoms. The molecule has 1 atom stereocenters. The highest BCUT2D eigenvalue weighted by molar-refractivity contribution is 5.92. The molecule has 0 saturated carbocycles. The first-order valence-corrected chi connectivity index (χ1v) is 6.62. The number of rotatable bonds is 5. The molecule has 1 aliphatic heterocycles. The summed E-state index contributed by atoms with van der Waals surface area (Å²) in [7, 11) is 1.44. The van der Waals surface area contributed by atoms with Crippen molar-refractivity contribution in [2.45, 2.75) is 12.8 Å². The van der Waals surface area contributed by atoms with Gasteiger partial charge in [-0.05, 0) is 19.1 Å². The van der Waals surface area contributed by atoms with E-state index in [0.29, 0.717) is 17.1 Å². The molecule has 2 N–H and O–H groups in total. The van der Waals surface area contributed by atoms with E-state index in [1.807, 2.05) is 0 Å². The Kier molecular flexibility index (Phi) is 4.50. The Bertz CT molecular complexity index is 640. The molecule has 8 nitrogen and oxygen atoms in total. The number of nitrogens with zero attached hydrogens (tertiary/aromatic N) is 1. The van der Waals surface area contributed by atoms with Crippen LogP contribution >= 0.6 is 0 Å². The number of hydrogen-bond acceptors (Lipinski definition) is 7. The van der Waals surface area contributed by atoms with E-state index in [1.165, 1.54) is 7.11 Å². The molecule has 118 valence electrons. The molecule has 8 heteroatoms. The maximum atomic E-state index is 12.1. The Hall–Kier alpha value is -2.77. The predicted molar refractivity (Wildman–Crippen MR) is 76.1 cm³/mol. The van der Waals surface area contributed by atoms with E-state index in [9.17, 15) is 14.9 Å². The van der Waals surface area contributed by atoms with Crippen molar-refractivity contribution in [2.24, 2.45) is 5.73 Å². The van der Waals surface area contributed by atoms with Crippen LogP contribution in [0.5, 0.6) is 11.5 Å². The minimum Gasteiger partial charge on any atom is -0.496 e. The molecule has 0 fully saturated rings. The molecular weight excluding hydrogens is 292 g/mol. The first kappa shape index (κ1) is 15.6. The van der Waals surface area contributed by atoms with Gasteiger partial charge in [-0.1, -0.05) is 6.07 Å². The SMILES string of the molecule is CCOC(=O)C1=C(N)Oc2cccc(OC)c2C1C[N+](=O)[O-]. The van der Waals surface area contributed by atoms with Crippen LogP contribution in [-0.4, -0.2) is 31.2 Å². The van der Waals surface area contributed by atoms with Crippen LogP contribution in [0.25, 0.3) is 0 Å².